The number of nitrogens with one attached hydrogen (secondary N) is 2. The van der Waals surface area contributed by atoms with Crippen LogP contribution in [0.1, 0.15) is 5.56 Å². The summed E-state index contributed by atoms with van der Waals surface area (Å²) in [5, 5.41) is 17.5. The third-order valence-corrected chi connectivity index (χ3v) is 4.30. The van der Waals surface area contributed by atoms with Gasteiger partial charge in [0, 0.05) is 31.4 Å². The highest BCUT2D eigenvalue weighted by Gasteiger charge is 2.13. The van der Waals surface area contributed by atoms with Gasteiger partial charge in [0.05, 0.1) is 22.1 Å². The Morgan fingerprint density at radius 1 is 1.07 bits per heavy atom. The van der Waals surface area contributed by atoms with Gasteiger partial charge in [0.15, 0.2) is 0 Å². The third kappa shape index (κ3) is 4.05. The normalized spacial score (nSPS) is 13.4. The van der Waals surface area contributed by atoms with Crippen LogP contribution in [0.15, 0.2) is 53.9 Å². The molecular weight excluding hydrogens is 342 g/mol. The van der Waals surface area contributed by atoms with Gasteiger partial charge < -0.3 is 20.5 Å². The van der Waals surface area contributed by atoms with Crippen molar-refractivity contribution in [2.24, 2.45) is 4.99 Å². The van der Waals surface area contributed by atoms with Crippen LogP contribution in [-0.4, -0.2) is 47.4 Å². The van der Waals surface area contributed by atoms with Gasteiger partial charge >= 0.3 is 0 Å². The molecule has 7 heteroatoms. The monoisotopic (exact) mass is 363 g/mol. The lowest BCUT2D eigenvalue weighted by Gasteiger charge is -2.15. The zero-order chi connectivity index (χ0) is 18.5. The van der Waals surface area contributed by atoms with Crippen molar-refractivity contribution in [2.45, 2.75) is 6.10 Å². The van der Waals surface area contributed by atoms with Crippen LogP contribution in [0.2, 0.25) is 0 Å². The Hall–Kier alpha value is -3.03. The number of aliphatic hydroxyl groups excluding tert-OH is 1. The van der Waals surface area contributed by atoms with E-state index < -0.39 is 6.10 Å². The highest BCUT2D eigenvalue weighted by atomic mass is 16.5. The second kappa shape index (κ2) is 8.11. The second-order valence-electron chi connectivity index (χ2n) is 6.28. The van der Waals surface area contributed by atoms with Crippen LogP contribution in [0.5, 0.6) is 5.75 Å². The van der Waals surface area contributed by atoms with E-state index in [2.05, 4.69) is 25.6 Å². The molecule has 0 saturated carbocycles. The molecule has 0 aliphatic carbocycles. The SMILES string of the molecule is OC(CNCCNc1c2c(c3cc1ncn3)=NC=C2)COc1ccccc1. The molecule has 0 spiro atoms. The Bertz CT molecular complexity index is 991. The number of anilines is 1. The van der Waals surface area contributed by atoms with Crippen molar-refractivity contribution >= 4 is 22.8 Å². The third-order valence-electron chi connectivity index (χ3n) is 4.30. The fourth-order valence-electron chi connectivity index (χ4n) is 3.00. The van der Waals surface area contributed by atoms with Gasteiger partial charge in [0.25, 0.3) is 0 Å². The van der Waals surface area contributed by atoms with E-state index >= 15 is 0 Å². The first-order chi connectivity index (χ1) is 13.3. The van der Waals surface area contributed by atoms with E-state index in [0.29, 0.717) is 19.6 Å². The molecule has 3 N–H and O–H groups in total. The molecule has 7 nitrogen and oxygen atoms in total. The van der Waals surface area contributed by atoms with Crippen molar-refractivity contribution in [1.29, 1.82) is 0 Å². The largest absolute Gasteiger partial charge is 0.491 e. The van der Waals surface area contributed by atoms with Crippen LogP contribution < -0.4 is 20.7 Å². The molecule has 2 aromatic carbocycles. The molecule has 2 bridgehead atoms. The summed E-state index contributed by atoms with van der Waals surface area (Å²) in [4.78, 5) is 13.0. The maximum absolute atomic E-state index is 10.0. The number of hydrogen-bond donors (Lipinski definition) is 3. The summed E-state index contributed by atoms with van der Waals surface area (Å²) >= 11 is 0. The molecule has 0 amide bonds. The van der Waals surface area contributed by atoms with Crippen molar-refractivity contribution in [3.8, 4) is 5.75 Å². The van der Waals surface area contributed by atoms with Crippen molar-refractivity contribution < 1.29 is 9.84 Å². The zero-order valence-electron chi connectivity index (χ0n) is 14.8. The molecular formula is C20H21N5O2. The van der Waals surface area contributed by atoms with Crippen LogP contribution >= 0.6 is 0 Å². The van der Waals surface area contributed by atoms with Gasteiger partial charge in [-0.1, -0.05) is 18.2 Å². The number of aromatic nitrogens is 2. The molecule has 3 aromatic rings. The van der Waals surface area contributed by atoms with Gasteiger partial charge in [-0.15, -0.1) is 0 Å². The summed E-state index contributed by atoms with van der Waals surface area (Å²) in [5.74, 6) is 0.759. The molecule has 1 unspecified atom stereocenters. The minimum absolute atomic E-state index is 0.258. The molecule has 0 fully saturated rings. The smallest absolute Gasteiger partial charge is 0.119 e. The number of benzene rings is 2. The summed E-state index contributed by atoms with van der Waals surface area (Å²) < 4.78 is 5.54. The summed E-state index contributed by atoms with van der Waals surface area (Å²) in [6.45, 7) is 2.12. The van der Waals surface area contributed by atoms with Crippen LogP contribution in [0.25, 0.3) is 17.1 Å². The van der Waals surface area contributed by atoms with E-state index in [1.807, 2.05) is 42.5 Å². The molecule has 138 valence electrons. The lowest BCUT2D eigenvalue weighted by atomic mass is 10.1. The lowest BCUT2D eigenvalue weighted by molar-refractivity contribution is 0.107. The molecule has 0 saturated heterocycles. The topological polar surface area (TPSA) is 91.7 Å². The first-order valence-electron chi connectivity index (χ1n) is 8.93. The van der Waals surface area contributed by atoms with Gasteiger partial charge in [-0.25, -0.2) is 9.97 Å². The first kappa shape index (κ1) is 17.4. The van der Waals surface area contributed by atoms with Crippen molar-refractivity contribution in [2.75, 3.05) is 31.6 Å². The number of ether oxygens (including phenoxy) is 1. The Morgan fingerprint density at radius 2 is 1.93 bits per heavy atom. The van der Waals surface area contributed by atoms with Crippen LogP contribution in [0.3, 0.4) is 0 Å². The minimum atomic E-state index is -0.567. The van der Waals surface area contributed by atoms with E-state index in [4.69, 9.17) is 4.74 Å². The van der Waals surface area contributed by atoms with Gasteiger partial charge in [0.2, 0.25) is 0 Å². The quantitative estimate of drug-likeness (QED) is 0.498. The number of para-hydroxylation sites is 1. The Labute approximate surface area is 156 Å². The standard InChI is InChI=1S/C20H21N5O2/c26-14(12-27-15-4-2-1-3-5-15)11-21-8-9-23-20-16-6-7-22-19(16)17-10-18(20)25-13-24-17/h1-7,10,13-14,21,23,26H,8-9,11-12H2. The average Bonchev–Trinajstić information content (AvgIpc) is 3.19. The van der Waals surface area contributed by atoms with Crippen LogP contribution in [0, 0.1) is 0 Å². The number of nitrogens with zero attached hydrogens (tertiary/aromatic N) is 3. The first-order valence-corrected chi connectivity index (χ1v) is 8.93. The van der Waals surface area contributed by atoms with Crippen molar-refractivity contribution in [3.05, 3.63) is 59.8 Å². The van der Waals surface area contributed by atoms with Gasteiger partial charge in [-0.3, -0.25) is 4.99 Å². The fraction of sp³-hybridized carbons (Fsp3) is 0.250. The van der Waals surface area contributed by atoms with E-state index in [9.17, 15) is 5.11 Å². The number of rotatable bonds is 9. The predicted molar refractivity (Wildman–Crippen MR) is 105 cm³/mol. The second-order valence-corrected chi connectivity index (χ2v) is 6.28. The lowest BCUT2D eigenvalue weighted by Crippen LogP contribution is -2.34. The molecule has 1 atom stereocenters. The van der Waals surface area contributed by atoms with Crippen molar-refractivity contribution in [3.63, 3.8) is 0 Å². The van der Waals surface area contributed by atoms with E-state index in [1.165, 1.54) is 0 Å². The average molecular weight is 363 g/mol. The summed E-state index contributed by atoms with van der Waals surface area (Å²) in [7, 11) is 0. The fourth-order valence-corrected chi connectivity index (χ4v) is 3.00. The Kier molecular flexibility index (Phi) is 5.22. The van der Waals surface area contributed by atoms with E-state index in [-0.39, 0.29) is 6.61 Å². The number of hydrogen-bond acceptors (Lipinski definition) is 7. The molecule has 1 aliphatic rings. The highest BCUT2D eigenvalue weighted by molar-refractivity contribution is 5.87. The highest BCUT2D eigenvalue weighted by Crippen LogP contribution is 2.23. The molecule has 1 aromatic heterocycles. The Balaban J connectivity index is 1.24. The number of aliphatic hydroxyl groups is 1. The van der Waals surface area contributed by atoms with E-state index in [0.717, 1.165) is 33.4 Å². The van der Waals surface area contributed by atoms with E-state index in [1.54, 1.807) is 12.5 Å². The Morgan fingerprint density at radius 3 is 2.81 bits per heavy atom. The van der Waals surface area contributed by atoms with Gasteiger partial charge in [-0.2, -0.15) is 0 Å². The zero-order valence-corrected chi connectivity index (χ0v) is 14.8. The number of fused-ring (bicyclic) bond motifs is 4. The van der Waals surface area contributed by atoms with Crippen LogP contribution in [-0.2, 0) is 0 Å². The van der Waals surface area contributed by atoms with Crippen molar-refractivity contribution in [1.82, 2.24) is 15.3 Å². The summed E-state index contributed by atoms with van der Waals surface area (Å²) in [6.07, 6.45) is 4.75. The molecule has 0 radical (unpaired) electrons. The van der Waals surface area contributed by atoms with Gasteiger partial charge in [-0.05, 0) is 24.3 Å². The maximum atomic E-state index is 10.0. The molecule has 1 aliphatic heterocycles. The van der Waals surface area contributed by atoms with Gasteiger partial charge in [0.1, 0.15) is 24.8 Å². The predicted octanol–water partition coefficient (Wildman–Crippen LogP) is 1.39. The maximum Gasteiger partial charge on any atom is 0.119 e. The summed E-state index contributed by atoms with van der Waals surface area (Å²) in [6, 6.07) is 11.4. The molecule has 4 rings (SSSR count). The molecule has 27 heavy (non-hydrogen) atoms. The summed E-state index contributed by atoms with van der Waals surface area (Å²) in [5.41, 5.74) is 3.72. The minimum Gasteiger partial charge on any atom is -0.491 e. The van der Waals surface area contributed by atoms with Crippen LogP contribution in [0.4, 0.5) is 5.69 Å². The molecule has 2 heterocycles.